The number of carboxylic acid groups (broad SMARTS) is 2. The topological polar surface area (TPSA) is 114 Å². The van der Waals surface area contributed by atoms with Crippen molar-refractivity contribution in [1.29, 1.82) is 0 Å². The molecule has 0 radical (unpaired) electrons. The summed E-state index contributed by atoms with van der Waals surface area (Å²) in [4.78, 5) is 38.6. The molecule has 0 aromatic heterocycles. The van der Waals surface area contributed by atoms with Crippen LogP contribution < -0.4 is 35.0 Å². The number of carbonyl (C=O) groups excluding carboxylic acids is 4. The predicted octanol–water partition coefficient (Wildman–Crippen LogP) is -8.94. The molecule has 0 saturated carbocycles. The number of aliphatic carboxylic acids is 2. The minimum atomic E-state index is -1.31. The number of carboxylic acids is 2. The first-order valence-corrected chi connectivity index (χ1v) is 3.64. The zero-order chi connectivity index (χ0) is 11.7. The van der Waals surface area contributed by atoms with Crippen LogP contribution in [0.25, 0.3) is 0 Å². The minimum absolute atomic E-state index is 0. The Hall–Kier alpha value is -0.341. The van der Waals surface area contributed by atoms with Gasteiger partial charge in [-0.1, -0.05) is 0 Å². The monoisotopic (exact) mass is 392 g/mol. The van der Waals surface area contributed by atoms with Gasteiger partial charge in [0.05, 0.1) is 0 Å². The standard InChI is InChI=1S/2C4H6O3.2ClH.Sn/c2*1-3(5)2-4(6)7;;;/h2*2H2,1H3,(H,6,7);2*1H;/q;;;;+4/p-4. The van der Waals surface area contributed by atoms with Crippen molar-refractivity contribution >= 4 is 47.4 Å². The fourth-order valence-electron chi connectivity index (χ4n) is 0.407. The molecule has 0 heterocycles. The van der Waals surface area contributed by atoms with E-state index in [9.17, 15) is 29.4 Å². The van der Waals surface area contributed by atoms with Crippen LogP contribution in [0.5, 0.6) is 0 Å². The Balaban J connectivity index is -0.0000000480. The van der Waals surface area contributed by atoms with Gasteiger partial charge in [-0.15, -0.1) is 0 Å². The molecular formula is C8H10Cl2O6Sn. The quantitative estimate of drug-likeness (QED) is 0.347. The first-order valence-electron chi connectivity index (χ1n) is 3.64. The van der Waals surface area contributed by atoms with Gasteiger partial charge in [0.1, 0.15) is 11.6 Å². The first-order chi connectivity index (χ1) is 6.25. The summed E-state index contributed by atoms with van der Waals surface area (Å²) in [5.74, 6) is -3.37. The van der Waals surface area contributed by atoms with Crippen LogP contribution in [0, 0.1) is 0 Å². The Kier molecular flexibility index (Phi) is 31.9. The summed E-state index contributed by atoms with van der Waals surface area (Å²) in [7, 11) is 0. The maximum atomic E-state index is 9.83. The zero-order valence-corrected chi connectivity index (χ0v) is 13.5. The van der Waals surface area contributed by atoms with Gasteiger partial charge in [0.2, 0.25) is 0 Å². The van der Waals surface area contributed by atoms with Gasteiger partial charge in [0.15, 0.2) is 0 Å². The Bertz CT molecular complexity index is 206. The van der Waals surface area contributed by atoms with Crippen molar-refractivity contribution in [3.63, 3.8) is 0 Å². The molecule has 9 heteroatoms. The number of carbonyl (C=O) groups is 4. The number of hydrogen-bond donors (Lipinski definition) is 0. The smallest absolute Gasteiger partial charge is 1.00 e. The van der Waals surface area contributed by atoms with Crippen LogP contribution in [-0.2, 0) is 19.2 Å². The third-order valence-electron chi connectivity index (χ3n) is 0.787. The van der Waals surface area contributed by atoms with Crippen LogP contribution in [-0.4, -0.2) is 47.4 Å². The van der Waals surface area contributed by atoms with Crippen LogP contribution in [0.3, 0.4) is 0 Å². The molecule has 0 amide bonds. The van der Waals surface area contributed by atoms with E-state index < -0.39 is 24.8 Å². The molecule has 0 unspecified atom stereocenters. The Labute approximate surface area is 128 Å². The molecule has 96 valence electrons. The van der Waals surface area contributed by atoms with Crippen molar-refractivity contribution in [3.8, 4) is 0 Å². The Morgan fingerprint density at radius 2 is 0.941 bits per heavy atom. The van der Waals surface area contributed by atoms with E-state index in [0.717, 1.165) is 0 Å². The van der Waals surface area contributed by atoms with Gasteiger partial charge in [-0.25, -0.2) is 0 Å². The van der Waals surface area contributed by atoms with Crippen molar-refractivity contribution in [2.45, 2.75) is 26.7 Å². The molecule has 17 heavy (non-hydrogen) atoms. The van der Waals surface area contributed by atoms with Gasteiger partial charge in [0, 0.05) is 24.8 Å². The van der Waals surface area contributed by atoms with Crippen LogP contribution >= 0.6 is 0 Å². The van der Waals surface area contributed by atoms with Gasteiger partial charge in [-0.05, 0) is 13.8 Å². The molecule has 0 aromatic rings. The minimum Gasteiger partial charge on any atom is -1.00 e. The van der Waals surface area contributed by atoms with E-state index in [1.165, 1.54) is 13.8 Å². The molecule has 0 aliphatic heterocycles. The Morgan fingerprint density at radius 3 is 0.941 bits per heavy atom. The number of ketones is 2. The summed E-state index contributed by atoms with van der Waals surface area (Å²) in [5, 5.41) is 19.0. The molecule has 0 aromatic carbocycles. The second-order valence-corrected chi connectivity index (χ2v) is 2.50. The van der Waals surface area contributed by atoms with Gasteiger partial charge in [0.25, 0.3) is 0 Å². The van der Waals surface area contributed by atoms with Gasteiger partial charge in [-0.3, -0.25) is 9.59 Å². The molecule has 0 aliphatic rings. The molecule has 0 saturated heterocycles. The van der Waals surface area contributed by atoms with E-state index in [-0.39, 0.29) is 60.3 Å². The van der Waals surface area contributed by atoms with Crippen molar-refractivity contribution in [3.05, 3.63) is 0 Å². The van der Waals surface area contributed by atoms with Gasteiger partial charge >= 0.3 is 23.9 Å². The molecule has 0 aliphatic carbocycles. The van der Waals surface area contributed by atoms with Crippen LogP contribution in [0.4, 0.5) is 0 Å². The summed E-state index contributed by atoms with van der Waals surface area (Å²) in [6, 6.07) is 0. The predicted molar refractivity (Wildman–Crippen MR) is 46.4 cm³/mol. The molecule has 0 spiro atoms. The van der Waals surface area contributed by atoms with E-state index in [0.29, 0.717) is 0 Å². The van der Waals surface area contributed by atoms with Crippen molar-refractivity contribution in [2.75, 3.05) is 0 Å². The van der Waals surface area contributed by atoms with E-state index in [4.69, 9.17) is 0 Å². The Morgan fingerprint density at radius 1 is 0.765 bits per heavy atom. The maximum Gasteiger partial charge on any atom is 4.00 e. The van der Waals surface area contributed by atoms with Crippen LogP contribution in [0.15, 0.2) is 0 Å². The van der Waals surface area contributed by atoms with E-state index in [2.05, 4.69) is 0 Å². The number of hydrogen-bond acceptors (Lipinski definition) is 6. The number of halogens is 2. The van der Waals surface area contributed by atoms with E-state index >= 15 is 0 Å². The molecule has 0 N–H and O–H groups in total. The second-order valence-electron chi connectivity index (χ2n) is 2.50. The fraction of sp³-hybridized carbons (Fsp3) is 0.500. The molecule has 0 fully saturated rings. The normalized spacial score (nSPS) is 6.71. The second kappa shape index (κ2) is 18.0. The third kappa shape index (κ3) is 49.8. The average Bonchev–Trinajstić information content (AvgIpc) is 1.79. The molecule has 0 atom stereocenters. The number of rotatable bonds is 4. The summed E-state index contributed by atoms with van der Waals surface area (Å²) in [6.07, 6.45) is -0.944. The summed E-state index contributed by atoms with van der Waals surface area (Å²) < 4.78 is 0. The van der Waals surface area contributed by atoms with Crippen LogP contribution in [0.2, 0.25) is 0 Å². The van der Waals surface area contributed by atoms with Gasteiger partial charge < -0.3 is 44.6 Å². The van der Waals surface area contributed by atoms with E-state index in [1.807, 2.05) is 0 Å². The SMILES string of the molecule is CC(=O)CC(=O)[O-].CC(=O)CC(=O)[O-].[Cl-].[Cl-].[Sn+4]. The average molecular weight is 392 g/mol. The molecule has 0 rings (SSSR count). The third-order valence-corrected chi connectivity index (χ3v) is 0.787. The maximum absolute atomic E-state index is 9.83. The van der Waals surface area contributed by atoms with E-state index in [1.54, 1.807) is 0 Å². The first kappa shape index (κ1) is 30.1. The summed E-state index contributed by atoms with van der Waals surface area (Å²) >= 11 is 0. The number of Topliss-reactive ketones (excluding diaryl/α,β-unsaturated/α-hetero) is 2. The largest absolute Gasteiger partial charge is 4.00 e. The fourth-order valence-corrected chi connectivity index (χ4v) is 0.407. The zero-order valence-electron chi connectivity index (χ0n) is 9.12. The molecular weight excluding hydrogens is 382 g/mol. The van der Waals surface area contributed by atoms with Crippen molar-refractivity contribution in [2.24, 2.45) is 0 Å². The molecule has 6 nitrogen and oxygen atoms in total. The van der Waals surface area contributed by atoms with Crippen LogP contribution in [0.1, 0.15) is 26.7 Å². The van der Waals surface area contributed by atoms with Gasteiger partial charge in [-0.2, -0.15) is 0 Å². The van der Waals surface area contributed by atoms with Crippen molar-refractivity contribution < 1.29 is 54.2 Å². The molecule has 0 bridgehead atoms. The summed E-state index contributed by atoms with van der Waals surface area (Å²) in [5.41, 5.74) is 0. The summed E-state index contributed by atoms with van der Waals surface area (Å²) in [6.45, 7) is 2.41. The van der Waals surface area contributed by atoms with Crippen molar-refractivity contribution in [1.82, 2.24) is 0 Å².